The van der Waals surface area contributed by atoms with E-state index in [-0.39, 0.29) is 11.1 Å². The van der Waals surface area contributed by atoms with E-state index in [4.69, 9.17) is 4.42 Å². The van der Waals surface area contributed by atoms with Gasteiger partial charge in [0.1, 0.15) is 23.3 Å². The van der Waals surface area contributed by atoms with Crippen molar-refractivity contribution in [3.63, 3.8) is 0 Å². The molecule has 0 atom stereocenters. The molecule has 0 saturated heterocycles. The summed E-state index contributed by atoms with van der Waals surface area (Å²) in [7, 11) is 0. The number of rotatable bonds is 3. The molecule has 0 aliphatic carbocycles. The molecular weight excluding hydrogens is 627 g/mol. The molecule has 0 aliphatic rings. The van der Waals surface area contributed by atoms with E-state index < -0.39 is 0 Å². The average molecular weight is 650 g/mol. The predicted octanol–water partition coefficient (Wildman–Crippen LogP) is 11.1. The molecule has 0 unspecified atom stereocenters. The van der Waals surface area contributed by atoms with Gasteiger partial charge in [-0.3, -0.25) is 0 Å². The Balaban J connectivity index is 1.31. The highest BCUT2D eigenvalue weighted by atomic mass is 16.3. The standard InChI is InChI=1S/C45H23N5O/c46-24-27-17-18-29(49-39-13-5-1-9-31(39)32-10-2-6-14-40(32)49)22-36(27)37-23-30(21-28(25-47)38(37)26-48)50-41-15-7-3-11-33(41)34-19-20-43-44(45(34)50)35-12-4-8-16-42(35)51-43/h1-23H. The molecule has 10 rings (SSSR count). The maximum atomic E-state index is 10.6. The molecule has 0 radical (unpaired) electrons. The van der Waals surface area contributed by atoms with Gasteiger partial charge in [0.05, 0.1) is 50.2 Å². The van der Waals surface area contributed by atoms with Crippen LogP contribution in [0.25, 0.3) is 88.1 Å². The number of nitrogens with zero attached hydrogens (tertiary/aromatic N) is 5. The lowest BCUT2D eigenvalue weighted by Gasteiger charge is -2.16. The summed E-state index contributed by atoms with van der Waals surface area (Å²) in [6.07, 6.45) is 0. The minimum absolute atomic E-state index is 0.219. The summed E-state index contributed by atoms with van der Waals surface area (Å²) >= 11 is 0. The molecular formula is C45H23N5O. The molecule has 10 aromatic rings. The molecule has 6 nitrogen and oxygen atoms in total. The van der Waals surface area contributed by atoms with Gasteiger partial charge < -0.3 is 13.6 Å². The molecule has 0 N–H and O–H groups in total. The van der Waals surface area contributed by atoms with Crippen LogP contribution >= 0.6 is 0 Å². The van der Waals surface area contributed by atoms with Gasteiger partial charge in [-0.1, -0.05) is 72.8 Å². The molecule has 7 aromatic carbocycles. The Morgan fingerprint density at radius 2 is 1.02 bits per heavy atom. The van der Waals surface area contributed by atoms with E-state index in [1.807, 2.05) is 78.9 Å². The van der Waals surface area contributed by atoms with Crippen molar-refractivity contribution in [3.05, 3.63) is 156 Å². The molecule has 0 fully saturated rings. The summed E-state index contributed by atoms with van der Waals surface area (Å²) in [5, 5.41) is 37.8. The maximum Gasteiger partial charge on any atom is 0.137 e. The Kier molecular flexibility index (Phi) is 5.97. The first-order valence-electron chi connectivity index (χ1n) is 16.5. The third-order valence-corrected chi connectivity index (χ3v) is 10.0. The largest absolute Gasteiger partial charge is 0.456 e. The normalized spacial score (nSPS) is 11.5. The number of benzene rings is 7. The molecule has 234 valence electrons. The van der Waals surface area contributed by atoms with E-state index in [1.54, 1.807) is 12.1 Å². The molecule has 51 heavy (non-hydrogen) atoms. The zero-order valence-corrected chi connectivity index (χ0v) is 26.9. The van der Waals surface area contributed by atoms with Crippen molar-refractivity contribution in [3.8, 4) is 40.7 Å². The first kappa shape index (κ1) is 28.4. The van der Waals surface area contributed by atoms with Gasteiger partial charge in [0, 0.05) is 49.4 Å². The van der Waals surface area contributed by atoms with Crippen molar-refractivity contribution in [2.75, 3.05) is 0 Å². The summed E-state index contributed by atoms with van der Waals surface area (Å²) in [6.45, 7) is 0. The number of hydrogen-bond acceptors (Lipinski definition) is 4. The first-order valence-corrected chi connectivity index (χ1v) is 16.5. The van der Waals surface area contributed by atoms with E-state index >= 15 is 0 Å². The highest BCUT2D eigenvalue weighted by Crippen LogP contribution is 2.42. The summed E-state index contributed by atoms with van der Waals surface area (Å²) in [4.78, 5) is 0. The van der Waals surface area contributed by atoms with E-state index in [0.29, 0.717) is 22.4 Å². The van der Waals surface area contributed by atoms with E-state index in [9.17, 15) is 15.8 Å². The lowest BCUT2D eigenvalue weighted by Crippen LogP contribution is -2.01. The lowest BCUT2D eigenvalue weighted by atomic mass is 9.92. The van der Waals surface area contributed by atoms with Crippen molar-refractivity contribution in [2.24, 2.45) is 0 Å². The number of furan rings is 1. The number of fused-ring (bicyclic) bond motifs is 10. The van der Waals surface area contributed by atoms with Crippen LogP contribution in [0.1, 0.15) is 16.7 Å². The van der Waals surface area contributed by atoms with Crippen LogP contribution < -0.4 is 0 Å². The Morgan fingerprint density at radius 3 is 1.69 bits per heavy atom. The maximum absolute atomic E-state index is 10.6. The third-order valence-electron chi connectivity index (χ3n) is 10.0. The first-order chi connectivity index (χ1) is 25.2. The molecule has 0 amide bonds. The summed E-state index contributed by atoms with van der Waals surface area (Å²) in [5.74, 6) is 0. The van der Waals surface area contributed by atoms with Gasteiger partial charge in [0.2, 0.25) is 0 Å². The fraction of sp³-hybridized carbons (Fsp3) is 0. The number of hydrogen-bond donors (Lipinski definition) is 0. The van der Waals surface area contributed by atoms with Crippen LogP contribution in [0.15, 0.2) is 144 Å². The van der Waals surface area contributed by atoms with Crippen molar-refractivity contribution >= 4 is 65.6 Å². The minimum Gasteiger partial charge on any atom is -0.456 e. The molecule has 3 heterocycles. The predicted molar refractivity (Wildman–Crippen MR) is 202 cm³/mol. The van der Waals surface area contributed by atoms with Gasteiger partial charge in [-0.05, 0) is 66.7 Å². The van der Waals surface area contributed by atoms with Crippen LogP contribution in [-0.4, -0.2) is 9.13 Å². The zero-order chi connectivity index (χ0) is 34.2. The van der Waals surface area contributed by atoms with Gasteiger partial charge in [0.15, 0.2) is 0 Å². The highest BCUT2D eigenvalue weighted by molar-refractivity contribution is 6.24. The summed E-state index contributed by atoms with van der Waals surface area (Å²) in [6, 6.07) is 53.2. The second-order valence-electron chi connectivity index (χ2n) is 12.6. The zero-order valence-electron chi connectivity index (χ0n) is 26.9. The van der Waals surface area contributed by atoms with Crippen molar-refractivity contribution in [1.29, 1.82) is 15.8 Å². The fourth-order valence-corrected chi connectivity index (χ4v) is 7.90. The summed E-state index contributed by atoms with van der Waals surface area (Å²) in [5.41, 5.74) is 8.99. The molecule has 0 spiro atoms. The van der Waals surface area contributed by atoms with Gasteiger partial charge in [-0.25, -0.2) is 0 Å². The molecule has 0 bridgehead atoms. The van der Waals surface area contributed by atoms with E-state index in [1.165, 1.54) is 0 Å². The summed E-state index contributed by atoms with van der Waals surface area (Å²) < 4.78 is 10.7. The van der Waals surface area contributed by atoms with Gasteiger partial charge in [-0.15, -0.1) is 0 Å². The number of aromatic nitrogens is 2. The van der Waals surface area contributed by atoms with Crippen molar-refractivity contribution in [2.45, 2.75) is 0 Å². The monoisotopic (exact) mass is 649 g/mol. The second kappa shape index (κ2) is 10.7. The SMILES string of the molecule is N#Cc1ccc(-n2c3ccccc3c3ccccc32)cc1-c1cc(-n2c3ccccc3c3ccc4oc5ccccc5c4c32)cc(C#N)c1C#N. The van der Waals surface area contributed by atoms with E-state index in [2.05, 4.69) is 75.9 Å². The number of nitriles is 3. The van der Waals surface area contributed by atoms with Crippen molar-refractivity contribution in [1.82, 2.24) is 9.13 Å². The van der Waals surface area contributed by atoms with Gasteiger partial charge in [-0.2, -0.15) is 15.8 Å². The molecule has 3 aromatic heterocycles. The topological polar surface area (TPSA) is 94.4 Å². The lowest BCUT2D eigenvalue weighted by molar-refractivity contribution is 0.669. The number of para-hydroxylation sites is 4. The Morgan fingerprint density at radius 1 is 0.431 bits per heavy atom. The minimum atomic E-state index is 0.219. The molecule has 0 aliphatic heterocycles. The molecule has 0 saturated carbocycles. The van der Waals surface area contributed by atoms with Crippen LogP contribution in [0.2, 0.25) is 0 Å². The van der Waals surface area contributed by atoms with Gasteiger partial charge >= 0.3 is 0 Å². The van der Waals surface area contributed by atoms with Crippen LogP contribution in [-0.2, 0) is 0 Å². The van der Waals surface area contributed by atoms with Crippen molar-refractivity contribution < 1.29 is 4.42 Å². The smallest absolute Gasteiger partial charge is 0.137 e. The molecule has 6 heteroatoms. The Bertz CT molecular complexity index is 3190. The highest BCUT2D eigenvalue weighted by Gasteiger charge is 2.23. The van der Waals surface area contributed by atoms with Crippen LogP contribution in [0.3, 0.4) is 0 Å². The Labute approximate surface area is 291 Å². The Hall–Kier alpha value is -7.59. The fourth-order valence-electron chi connectivity index (χ4n) is 7.90. The van der Waals surface area contributed by atoms with Crippen LogP contribution in [0.4, 0.5) is 0 Å². The van der Waals surface area contributed by atoms with Crippen LogP contribution in [0, 0.1) is 34.0 Å². The van der Waals surface area contributed by atoms with Gasteiger partial charge in [0.25, 0.3) is 0 Å². The average Bonchev–Trinajstić information content (AvgIpc) is 3.85. The van der Waals surface area contributed by atoms with E-state index in [0.717, 1.165) is 71.2 Å². The van der Waals surface area contributed by atoms with Crippen LogP contribution in [0.5, 0.6) is 0 Å². The second-order valence-corrected chi connectivity index (χ2v) is 12.6. The third kappa shape index (κ3) is 3.95. The quantitative estimate of drug-likeness (QED) is 0.190.